The van der Waals surface area contributed by atoms with Gasteiger partial charge in [-0.05, 0) is 54.0 Å². The minimum Gasteiger partial charge on any atom is -0.333 e. The topological polar surface area (TPSA) is 33.2 Å². The molecule has 2 aromatic rings. The molecule has 0 aromatic carbocycles. The Labute approximate surface area is 125 Å². The molecule has 0 bridgehead atoms. The second-order valence-electron chi connectivity index (χ2n) is 4.37. The first-order valence-electron chi connectivity index (χ1n) is 5.94. The van der Waals surface area contributed by atoms with E-state index in [9.17, 15) is 4.79 Å². The van der Waals surface area contributed by atoms with E-state index in [0.29, 0.717) is 5.69 Å². The van der Waals surface area contributed by atoms with Gasteiger partial charge in [0.25, 0.3) is 5.91 Å². The first kappa shape index (κ1) is 14.2. The highest BCUT2D eigenvalue weighted by Gasteiger charge is 2.22. The standard InChI is InChI=1S/C14H15BrN2OS/c1-9-6-7-12(19-9)10(2)17(3)14(18)13-11(15)5-4-8-16-13/h4-8,10H,1-3H3. The normalized spacial score (nSPS) is 12.2. The number of halogens is 1. The van der Waals surface area contributed by atoms with Crippen LogP contribution in [0.4, 0.5) is 0 Å². The van der Waals surface area contributed by atoms with Gasteiger partial charge in [-0.15, -0.1) is 11.3 Å². The number of rotatable bonds is 3. The Hall–Kier alpha value is -1.20. The van der Waals surface area contributed by atoms with Crippen LogP contribution < -0.4 is 0 Å². The van der Waals surface area contributed by atoms with Gasteiger partial charge in [-0.25, -0.2) is 4.98 Å². The number of aromatic nitrogens is 1. The molecule has 5 heteroatoms. The molecule has 0 saturated heterocycles. The third kappa shape index (κ3) is 3.04. The maximum absolute atomic E-state index is 12.4. The lowest BCUT2D eigenvalue weighted by atomic mass is 10.2. The molecule has 0 N–H and O–H groups in total. The van der Waals surface area contributed by atoms with Crippen LogP contribution in [-0.2, 0) is 0 Å². The summed E-state index contributed by atoms with van der Waals surface area (Å²) in [5, 5.41) is 0. The van der Waals surface area contributed by atoms with E-state index in [2.05, 4.69) is 40.0 Å². The van der Waals surface area contributed by atoms with Gasteiger partial charge in [-0.3, -0.25) is 4.79 Å². The van der Waals surface area contributed by atoms with Crippen LogP contribution in [0.3, 0.4) is 0 Å². The number of carbonyl (C=O) groups excluding carboxylic acids is 1. The summed E-state index contributed by atoms with van der Waals surface area (Å²) in [6, 6.07) is 7.81. The average Bonchev–Trinajstić information content (AvgIpc) is 2.83. The summed E-state index contributed by atoms with van der Waals surface area (Å²) in [6.07, 6.45) is 1.63. The van der Waals surface area contributed by atoms with Crippen LogP contribution in [0.15, 0.2) is 34.9 Å². The van der Waals surface area contributed by atoms with Crippen molar-refractivity contribution in [2.45, 2.75) is 19.9 Å². The number of nitrogens with zero attached hydrogens (tertiary/aromatic N) is 2. The molecule has 0 spiro atoms. The lowest BCUT2D eigenvalue weighted by Gasteiger charge is -2.24. The van der Waals surface area contributed by atoms with Gasteiger partial charge in [0, 0.05) is 27.5 Å². The molecule has 1 amide bonds. The van der Waals surface area contributed by atoms with Crippen molar-refractivity contribution >= 4 is 33.2 Å². The monoisotopic (exact) mass is 338 g/mol. The number of thiophene rings is 1. The third-order valence-corrected chi connectivity index (χ3v) is 4.85. The molecule has 19 heavy (non-hydrogen) atoms. The number of pyridine rings is 1. The number of carbonyl (C=O) groups is 1. The van der Waals surface area contributed by atoms with E-state index >= 15 is 0 Å². The van der Waals surface area contributed by atoms with Crippen molar-refractivity contribution in [3.05, 3.63) is 50.4 Å². The van der Waals surface area contributed by atoms with E-state index in [-0.39, 0.29) is 11.9 Å². The van der Waals surface area contributed by atoms with E-state index in [1.807, 2.05) is 20.0 Å². The van der Waals surface area contributed by atoms with Crippen molar-refractivity contribution in [3.63, 3.8) is 0 Å². The van der Waals surface area contributed by atoms with E-state index in [1.54, 1.807) is 28.5 Å². The fraction of sp³-hybridized carbons (Fsp3) is 0.286. The first-order valence-corrected chi connectivity index (χ1v) is 7.55. The summed E-state index contributed by atoms with van der Waals surface area (Å²) in [5.41, 5.74) is 0.449. The van der Waals surface area contributed by atoms with Crippen LogP contribution in [0, 0.1) is 6.92 Å². The van der Waals surface area contributed by atoms with Gasteiger partial charge in [0.1, 0.15) is 5.69 Å². The van der Waals surface area contributed by atoms with E-state index < -0.39 is 0 Å². The summed E-state index contributed by atoms with van der Waals surface area (Å²) < 4.78 is 0.724. The van der Waals surface area contributed by atoms with Crippen molar-refractivity contribution in [1.29, 1.82) is 0 Å². The highest BCUT2D eigenvalue weighted by Crippen LogP contribution is 2.28. The van der Waals surface area contributed by atoms with Crippen LogP contribution in [0.25, 0.3) is 0 Å². The van der Waals surface area contributed by atoms with Crippen LogP contribution >= 0.6 is 27.3 Å². The van der Waals surface area contributed by atoms with Crippen molar-refractivity contribution < 1.29 is 4.79 Å². The lowest BCUT2D eigenvalue weighted by Crippen LogP contribution is -2.30. The van der Waals surface area contributed by atoms with Crippen LogP contribution in [0.1, 0.15) is 33.2 Å². The predicted molar refractivity (Wildman–Crippen MR) is 81.5 cm³/mol. The second kappa shape index (κ2) is 5.84. The Morgan fingerprint density at radius 3 is 2.74 bits per heavy atom. The van der Waals surface area contributed by atoms with Crippen molar-refractivity contribution in [1.82, 2.24) is 9.88 Å². The SMILES string of the molecule is Cc1ccc(C(C)N(C)C(=O)c2ncccc2Br)s1. The Kier molecular flexibility index (Phi) is 4.37. The highest BCUT2D eigenvalue weighted by atomic mass is 79.9. The summed E-state index contributed by atoms with van der Waals surface area (Å²) in [4.78, 5) is 20.7. The Balaban J connectivity index is 2.22. The van der Waals surface area contributed by atoms with Gasteiger partial charge in [0.15, 0.2) is 0 Å². The average molecular weight is 339 g/mol. The number of hydrogen-bond donors (Lipinski definition) is 0. The van der Waals surface area contributed by atoms with Crippen LogP contribution in [0.5, 0.6) is 0 Å². The zero-order chi connectivity index (χ0) is 14.0. The first-order chi connectivity index (χ1) is 9.00. The third-order valence-electron chi connectivity index (χ3n) is 3.04. The number of hydrogen-bond acceptors (Lipinski definition) is 3. The van der Waals surface area contributed by atoms with Gasteiger partial charge in [-0.1, -0.05) is 0 Å². The molecule has 2 heterocycles. The van der Waals surface area contributed by atoms with Crippen molar-refractivity contribution in [3.8, 4) is 0 Å². The van der Waals surface area contributed by atoms with Gasteiger partial charge in [0.05, 0.1) is 6.04 Å². The largest absolute Gasteiger partial charge is 0.333 e. The van der Waals surface area contributed by atoms with Crippen molar-refractivity contribution in [2.24, 2.45) is 0 Å². The van der Waals surface area contributed by atoms with E-state index in [1.165, 1.54) is 9.75 Å². The molecule has 1 atom stereocenters. The molecule has 0 aliphatic heterocycles. The Bertz CT molecular complexity index is 597. The smallest absolute Gasteiger partial charge is 0.273 e. The Morgan fingerprint density at radius 1 is 1.42 bits per heavy atom. The summed E-state index contributed by atoms with van der Waals surface area (Å²) in [6.45, 7) is 4.10. The maximum atomic E-state index is 12.4. The van der Waals surface area contributed by atoms with Gasteiger partial charge in [0.2, 0.25) is 0 Å². The van der Waals surface area contributed by atoms with Crippen molar-refractivity contribution in [2.75, 3.05) is 7.05 Å². The molecule has 0 radical (unpaired) electrons. The molecule has 0 saturated carbocycles. The zero-order valence-electron chi connectivity index (χ0n) is 11.1. The fourth-order valence-corrected chi connectivity index (χ4v) is 3.15. The molecule has 0 fully saturated rings. The summed E-state index contributed by atoms with van der Waals surface area (Å²) in [5.74, 6) is -0.0778. The van der Waals surface area contributed by atoms with Crippen LogP contribution in [0.2, 0.25) is 0 Å². The quantitative estimate of drug-likeness (QED) is 0.845. The molecular weight excluding hydrogens is 324 g/mol. The number of aryl methyl sites for hydroxylation is 1. The minimum absolute atomic E-state index is 0.0418. The Morgan fingerprint density at radius 2 is 2.16 bits per heavy atom. The molecule has 1 unspecified atom stereocenters. The maximum Gasteiger partial charge on any atom is 0.273 e. The minimum atomic E-state index is -0.0778. The van der Waals surface area contributed by atoms with E-state index in [0.717, 1.165) is 4.47 Å². The predicted octanol–water partition coefficient (Wildman–Crippen LogP) is 4.05. The number of amides is 1. The fourth-order valence-electron chi connectivity index (χ4n) is 1.75. The zero-order valence-corrected chi connectivity index (χ0v) is 13.5. The molecule has 3 nitrogen and oxygen atoms in total. The second-order valence-corrected chi connectivity index (χ2v) is 6.55. The highest BCUT2D eigenvalue weighted by molar-refractivity contribution is 9.10. The van der Waals surface area contributed by atoms with Crippen LogP contribution in [-0.4, -0.2) is 22.8 Å². The summed E-state index contributed by atoms with van der Waals surface area (Å²) >= 11 is 5.08. The van der Waals surface area contributed by atoms with Gasteiger partial charge in [-0.2, -0.15) is 0 Å². The molecule has 2 rings (SSSR count). The van der Waals surface area contributed by atoms with Gasteiger partial charge < -0.3 is 4.90 Å². The van der Waals surface area contributed by atoms with E-state index in [4.69, 9.17) is 0 Å². The molecule has 0 aliphatic rings. The molecule has 0 aliphatic carbocycles. The van der Waals surface area contributed by atoms with Gasteiger partial charge >= 0.3 is 0 Å². The molecule has 2 aromatic heterocycles. The molecule has 100 valence electrons. The molecular formula is C14H15BrN2OS. The summed E-state index contributed by atoms with van der Waals surface area (Å²) in [7, 11) is 1.81. The lowest BCUT2D eigenvalue weighted by molar-refractivity contribution is 0.0738.